The van der Waals surface area contributed by atoms with Crippen LogP contribution in [0.4, 0.5) is 28.4 Å². The average Bonchev–Trinajstić information content (AvgIpc) is 2.96. The van der Waals surface area contributed by atoms with Crippen molar-refractivity contribution in [3.8, 4) is 11.5 Å². The van der Waals surface area contributed by atoms with Crippen LogP contribution < -0.4 is 10.1 Å². The van der Waals surface area contributed by atoms with Crippen LogP contribution >= 0.6 is 0 Å². The zero-order chi connectivity index (χ0) is 26.3. The molecule has 5 rings (SSSR count). The molecule has 8 heteroatoms. The summed E-state index contributed by atoms with van der Waals surface area (Å²) in [6.07, 6.45) is 0. The molecule has 0 aromatic heterocycles. The van der Waals surface area contributed by atoms with Gasteiger partial charge in [-0.25, -0.2) is 0 Å². The van der Waals surface area contributed by atoms with E-state index in [4.69, 9.17) is 4.74 Å². The molecule has 186 valence electrons. The van der Waals surface area contributed by atoms with Gasteiger partial charge in [0.15, 0.2) is 5.75 Å². The van der Waals surface area contributed by atoms with E-state index in [0.29, 0.717) is 28.2 Å². The zero-order valence-corrected chi connectivity index (χ0v) is 20.4. The highest BCUT2D eigenvalue weighted by Crippen LogP contribution is 2.40. The zero-order valence-electron chi connectivity index (χ0n) is 20.4. The molecule has 2 N–H and O–H groups in total. The lowest BCUT2D eigenvalue weighted by molar-refractivity contribution is 0.102. The molecule has 5 aromatic carbocycles. The molecule has 0 fully saturated rings. The number of nitrogens with one attached hydrogen (secondary N) is 1. The topological polar surface area (TPSA) is 108 Å². The summed E-state index contributed by atoms with van der Waals surface area (Å²) in [6.45, 7) is 0. The van der Waals surface area contributed by atoms with Gasteiger partial charge in [-0.15, -0.1) is 5.11 Å². The van der Waals surface area contributed by atoms with Crippen molar-refractivity contribution < 1.29 is 14.6 Å². The summed E-state index contributed by atoms with van der Waals surface area (Å²) in [5.74, 6) is -0.261. The van der Waals surface area contributed by atoms with Crippen LogP contribution in [0.5, 0.6) is 11.5 Å². The molecule has 0 saturated carbocycles. The summed E-state index contributed by atoms with van der Waals surface area (Å²) in [5.41, 5.74) is 2.72. The Hall–Kier alpha value is -5.37. The summed E-state index contributed by atoms with van der Waals surface area (Å²) in [5, 5.41) is 32.3. The minimum absolute atomic E-state index is 0.0697. The molecule has 0 atom stereocenters. The molecule has 0 spiro atoms. The number of hydrogen-bond acceptors (Lipinski definition) is 7. The fourth-order valence-corrected chi connectivity index (χ4v) is 3.83. The number of methoxy groups -OCH3 is 1. The SMILES string of the molecule is COc1ccccc1NC(=O)c1cc2ccccc2c(N=Nc2ccc(N=Nc3ccccc3)cc2)c1O. The Bertz CT molecular complexity index is 1650. The molecule has 0 aliphatic carbocycles. The summed E-state index contributed by atoms with van der Waals surface area (Å²) >= 11 is 0. The quantitative estimate of drug-likeness (QED) is 0.218. The minimum Gasteiger partial charge on any atom is -0.505 e. The number of ether oxygens (including phenoxy) is 1. The van der Waals surface area contributed by atoms with Crippen molar-refractivity contribution in [2.75, 3.05) is 12.4 Å². The Kier molecular flexibility index (Phi) is 7.13. The molecule has 38 heavy (non-hydrogen) atoms. The second-order valence-corrected chi connectivity index (χ2v) is 8.25. The molecule has 1 amide bonds. The van der Waals surface area contributed by atoms with Crippen LogP contribution in [0.3, 0.4) is 0 Å². The van der Waals surface area contributed by atoms with E-state index in [1.807, 2.05) is 54.6 Å². The Morgan fingerprint density at radius 2 is 1.29 bits per heavy atom. The number of phenolic OH excluding ortho intramolecular Hbond substituents is 1. The standard InChI is InChI=1S/C30H23N5O3/c1-38-27-14-8-7-13-26(27)31-30(37)25-19-20-9-5-6-12-24(20)28(29(25)36)35-34-23-17-15-22(16-18-23)33-32-21-10-3-2-4-11-21/h2-19,36H,1H3,(H,31,37). The van der Waals surface area contributed by atoms with Gasteiger partial charge in [0.25, 0.3) is 5.91 Å². The molecule has 5 aromatic rings. The highest BCUT2D eigenvalue weighted by molar-refractivity contribution is 6.12. The number of phenols is 1. The summed E-state index contributed by atoms with van der Waals surface area (Å²) < 4.78 is 5.32. The molecule has 0 aliphatic rings. The molecule has 8 nitrogen and oxygen atoms in total. The summed E-state index contributed by atoms with van der Waals surface area (Å²) in [7, 11) is 1.52. The predicted molar refractivity (Wildman–Crippen MR) is 148 cm³/mol. The second kappa shape index (κ2) is 11.1. The molecular formula is C30H23N5O3. The molecule has 0 radical (unpaired) electrons. The molecule has 0 bridgehead atoms. The highest BCUT2D eigenvalue weighted by Gasteiger charge is 2.19. The van der Waals surface area contributed by atoms with Crippen molar-refractivity contribution in [3.05, 3.63) is 115 Å². The number of hydrogen-bond donors (Lipinski definition) is 2. The first kappa shape index (κ1) is 24.3. The average molecular weight is 502 g/mol. The van der Waals surface area contributed by atoms with Crippen molar-refractivity contribution in [2.24, 2.45) is 20.5 Å². The lowest BCUT2D eigenvalue weighted by atomic mass is 10.0. The molecule has 0 unspecified atom stereocenters. The third kappa shape index (κ3) is 5.39. The van der Waals surface area contributed by atoms with Crippen molar-refractivity contribution in [2.45, 2.75) is 0 Å². The van der Waals surface area contributed by atoms with Crippen LogP contribution in [0.15, 0.2) is 130 Å². The van der Waals surface area contributed by atoms with Gasteiger partial charge in [-0.2, -0.15) is 15.3 Å². The number of amides is 1. The van der Waals surface area contributed by atoms with Crippen LogP contribution in [0, 0.1) is 0 Å². The van der Waals surface area contributed by atoms with E-state index in [0.717, 1.165) is 11.1 Å². The maximum Gasteiger partial charge on any atom is 0.259 e. The van der Waals surface area contributed by atoms with Gasteiger partial charge in [-0.1, -0.05) is 54.6 Å². The first-order chi connectivity index (χ1) is 18.6. The number of aromatic hydroxyl groups is 1. The van der Waals surface area contributed by atoms with Crippen molar-refractivity contribution >= 4 is 45.1 Å². The van der Waals surface area contributed by atoms with Gasteiger partial charge >= 0.3 is 0 Å². The fraction of sp³-hybridized carbons (Fsp3) is 0.0333. The van der Waals surface area contributed by atoms with Crippen LogP contribution in [0.1, 0.15) is 10.4 Å². The Morgan fingerprint density at radius 1 is 0.711 bits per heavy atom. The van der Waals surface area contributed by atoms with Gasteiger partial charge in [0.2, 0.25) is 0 Å². The largest absolute Gasteiger partial charge is 0.505 e. The monoisotopic (exact) mass is 501 g/mol. The number of fused-ring (bicyclic) bond motifs is 1. The Morgan fingerprint density at radius 3 is 2.00 bits per heavy atom. The number of carbonyl (C=O) groups is 1. The first-order valence-electron chi connectivity index (χ1n) is 11.8. The summed E-state index contributed by atoms with van der Waals surface area (Å²) in [6, 6.07) is 32.5. The Balaban J connectivity index is 1.43. The number of nitrogens with zero attached hydrogens (tertiary/aromatic N) is 4. The normalized spacial score (nSPS) is 11.3. The number of carbonyl (C=O) groups excluding carboxylic acids is 1. The number of para-hydroxylation sites is 2. The van der Waals surface area contributed by atoms with Gasteiger partial charge in [0, 0.05) is 5.39 Å². The van der Waals surface area contributed by atoms with Crippen LogP contribution in [0.25, 0.3) is 10.8 Å². The lowest BCUT2D eigenvalue weighted by Gasteiger charge is -2.13. The van der Waals surface area contributed by atoms with E-state index in [-0.39, 0.29) is 17.0 Å². The number of azo groups is 2. The van der Waals surface area contributed by atoms with E-state index in [1.54, 1.807) is 54.6 Å². The molecule has 0 heterocycles. The van der Waals surface area contributed by atoms with E-state index < -0.39 is 5.91 Å². The predicted octanol–water partition coefficient (Wildman–Crippen LogP) is 8.64. The first-order valence-corrected chi connectivity index (χ1v) is 11.8. The van der Waals surface area contributed by atoms with Crippen molar-refractivity contribution in [1.82, 2.24) is 0 Å². The van der Waals surface area contributed by atoms with Gasteiger partial charge < -0.3 is 15.2 Å². The Labute approximate surface area is 219 Å². The van der Waals surface area contributed by atoms with E-state index in [2.05, 4.69) is 25.8 Å². The smallest absolute Gasteiger partial charge is 0.259 e. The molecule has 0 saturated heterocycles. The van der Waals surface area contributed by atoms with Crippen molar-refractivity contribution in [3.63, 3.8) is 0 Å². The van der Waals surface area contributed by atoms with Gasteiger partial charge in [-0.05, 0) is 60.0 Å². The molecule has 0 aliphatic heterocycles. The van der Waals surface area contributed by atoms with Crippen LogP contribution in [-0.4, -0.2) is 18.1 Å². The van der Waals surface area contributed by atoms with Crippen molar-refractivity contribution in [1.29, 1.82) is 0 Å². The fourth-order valence-electron chi connectivity index (χ4n) is 3.83. The highest BCUT2D eigenvalue weighted by atomic mass is 16.5. The summed E-state index contributed by atoms with van der Waals surface area (Å²) in [4.78, 5) is 13.2. The lowest BCUT2D eigenvalue weighted by Crippen LogP contribution is -2.13. The number of benzene rings is 5. The number of anilines is 1. The van der Waals surface area contributed by atoms with Gasteiger partial charge in [0.05, 0.1) is 35.4 Å². The van der Waals surface area contributed by atoms with E-state index in [9.17, 15) is 9.90 Å². The maximum atomic E-state index is 13.2. The van der Waals surface area contributed by atoms with Crippen LogP contribution in [-0.2, 0) is 0 Å². The second-order valence-electron chi connectivity index (χ2n) is 8.25. The third-order valence-electron chi connectivity index (χ3n) is 5.75. The minimum atomic E-state index is -0.498. The van der Waals surface area contributed by atoms with E-state index in [1.165, 1.54) is 7.11 Å². The molecular weight excluding hydrogens is 478 g/mol. The number of rotatable bonds is 7. The third-order valence-corrected chi connectivity index (χ3v) is 5.75. The van der Waals surface area contributed by atoms with Gasteiger partial charge in [-0.3, -0.25) is 4.79 Å². The van der Waals surface area contributed by atoms with E-state index >= 15 is 0 Å². The van der Waals surface area contributed by atoms with Crippen LogP contribution in [0.2, 0.25) is 0 Å². The maximum absolute atomic E-state index is 13.2. The van der Waals surface area contributed by atoms with Gasteiger partial charge in [0.1, 0.15) is 11.4 Å².